The highest BCUT2D eigenvalue weighted by Gasteiger charge is 2.31. The third-order valence-electron chi connectivity index (χ3n) is 4.04. The van der Waals surface area contributed by atoms with Crippen molar-refractivity contribution in [1.29, 1.82) is 0 Å². The fourth-order valence-electron chi connectivity index (χ4n) is 2.41. The Kier molecular flexibility index (Phi) is 5.92. The van der Waals surface area contributed by atoms with Gasteiger partial charge in [0, 0.05) is 25.2 Å². The summed E-state index contributed by atoms with van der Waals surface area (Å²) in [6.45, 7) is 8.07. The highest BCUT2D eigenvalue weighted by atomic mass is 19.4. The SMILES string of the molecule is CCC(C)C1CN(CCC(F)(F)F)C(C)CCN1. The summed E-state index contributed by atoms with van der Waals surface area (Å²) < 4.78 is 37.0. The molecule has 1 heterocycles. The quantitative estimate of drug-likeness (QED) is 0.841. The van der Waals surface area contributed by atoms with Gasteiger partial charge in [0.25, 0.3) is 0 Å². The van der Waals surface area contributed by atoms with E-state index >= 15 is 0 Å². The molecule has 18 heavy (non-hydrogen) atoms. The molecular weight excluding hydrogens is 241 g/mol. The van der Waals surface area contributed by atoms with Crippen molar-refractivity contribution in [3.05, 3.63) is 0 Å². The van der Waals surface area contributed by atoms with Crippen molar-refractivity contribution < 1.29 is 13.2 Å². The van der Waals surface area contributed by atoms with Gasteiger partial charge in [-0.3, -0.25) is 4.90 Å². The average Bonchev–Trinajstić information content (AvgIpc) is 2.47. The van der Waals surface area contributed by atoms with Gasteiger partial charge in [0.05, 0.1) is 6.42 Å². The Morgan fingerprint density at radius 2 is 2.06 bits per heavy atom. The van der Waals surface area contributed by atoms with Crippen LogP contribution in [0.25, 0.3) is 0 Å². The van der Waals surface area contributed by atoms with Crippen molar-refractivity contribution in [1.82, 2.24) is 10.2 Å². The van der Waals surface area contributed by atoms with Gasteiger partial charge in [-0.15, -0.1) is 0 Å². The third kappa shape index (κ3) is 5.14. The summed E-state index contributed by atoms with van der Waals surface area (Å²) in [5.41, 5.74) is 0. The number of hydrogen-bond donors (Lipinski definition) is 1. The van der Waals surface area contributed by atoms with Crippen molar-refractivity contribution in [2.24, 2.45) is 5.92 Å². The molecule has 0 radical (unpaired) electrons. The van der Waals surface area contributed by atoms with Gasteiger partial charge in [0.2, 0.25) is 0 Å². The average molecular weight is 266 g/mol. The van der Waals surface area contributed by atoms with Crippen LogP contribution in [-0.4, -0.2) is 42.8 Å². The van der Waals surface area contributed by atoms with E-state index in [2.05, 4.69) is 19.2 Å². The minimum Gasteiger partial charge on any atom is -0.312 e. The molecule has 3 unspecified atom stereocenters. The van der Waals surface area contributed by atoms with E-state index in [0.717, 1.165) is 25.9 Å². The van der Waals surface area contributed by atoms with Crippen LogP contribution in [0.5, 0.6) is 0 Å². The summed E-state index contributed by atoms with van der Waals surface area (Å²) in [6, 6.07) is 0.544. The topological polar surface area (TPSA) is 15.3 Å². The van der Waals surface area contributed by atoms with Crippen molar-refractivity contribution in [2.75, 3.05) is 19.6 Å². The second-order valence-electron chi connectivity index (χ2n) is 5.44. The maximum atomic E-state index is 12.3. The summed E-state index contributed by atoms with van der Waals surface area (Å²) in [6.07, 6.45) is -2.78. The van der Waals surface area contributed by atoms with E-state index in [9.17, 15) is 13.2 Å². The molecule has 2 nitrogen and oxygen atoms in total. The molecule has 1 saturated heterocycles. The fourth-order valence-corrected chi connectivity index (χ4v) is 2.41. The molecule has 0 bridgehead atoms. The number of hydrogen-bond acceptors (Lipinski definition) is 2. The van der Waals surface area contributed by atoms with E-state index in [4.69, 9.17) is 0 Å². The minimum absolute atomic E-state index is 0.124. The first-order valence-electron chi connectivity index (χ1n) is 6.87. The van der Waals surface area contributed by atoms with Gasteiger partial charge in [0.1, 0.15) is 0 Å². The Morgan fingerprint density at radius 3 is 2.61 bits per heavy atom. The molecule has 1 fully saturated rings. The zero-order valence-electron chi connectivity index (χ0n) is 11.6. The number of nitrogens with one attached hydrogen (secondary N) is 1. The van der Waals surface area contributed by atoms with Crippen molar-refractivity contribution in [2.45, 2.75) is 58.3 Å². The summed E-state index contributed by atoms with van der Waals surface area (Å²) >= 11 is 0. The third-order valence-corrected chi connectivity index (χ3v) is 4.04. The van der Waals surface area contributed by atoms with Crippen LogP contribution < -0.4 is 5.32 Å². The lowest BCUT2D eigenvalue weighted by atomic mass is 9.99. The van der Waals surface area contributed by atoms with Crippen molar-refractivity contribution in [3.8, 4) is 0 Å². The number of nitrogens with zero attached hydrogens (tertiary/aromatic N) is 1. The summed E-state index contributed by atoms with van der Waals surface area (Å²) in [7, 11) is 0. The van der Waals surface area contributed by atoms with Crippen LogP contribution in [0.15, 0.2) is 0 Å². The fraction of sp³-hybridized carbons (Fsp3) is 1.00. The summed E-state index contributed by atoms with van der Waals surface area (Å²) in [5, 5.41) is 3.47. The molecule has 3 atom stereocenters. The number of alkyl halides is 3. The Hall–Kier alpha value is -0.290. The Morgan fingerprint density at radius 1 is 1.39 bits per heavy atom. The number of halogens is 3. The first-order valence-corrected chi connectivity index (χ1v) is 6.87. The molecule has 0 amide bonds. The molecule has 0 aromatic heterocycles. The molecule has 1 N–H and O–H groups in total. The Bertz CT molecular complexity index is 243. The van der Waals surface area contributed by atoms with Crippen LogP contribution in [0.4, 0.5) is 13.2 Å². The van der Waals surface area contributed by atoms with E-state index in [0.29, 0.717) is 12.0 Å². The summed E-state index contributed by atoms with van der Waals surface area (Å²) in [4.78, 5) is 1.99. The standard InChI is InChI=1S/C13H25F3N2/c1-4-10(2)12-9-18(8-6-13(14,15)16)11(3)5-7-17-12/h10-12,17H,4-9H2,1-3H3. The van der Waals surface area contributed by atoms with E-state index < -0.39 is 12.6 Å². The van der Waals surface area contributed by atoms with Gasteiger partial charge in [0.15, 0.2) is 0 Å². The van der Waals surface area contributed by atoms with E-state index in [1.54, 1.807) is 0 Å². The first kappa shape index (κ1) is 15.8. The largest absolute Gasteiger partial charge is 0.390 e. The van der Waals surface area contributed by atoms with Gasteiger partial charge < -0.3 is 5.32 Å². The smallest absolute Gasteiger partial charge is 0.312 e. The van der Waals surface area contributed by atoms with Crippen molar-refractivity contribution in [3.63, 3.8) is 0 Å². The van der Waals surface area contributed by atoms with Crippen molar-refractivity contribution >= 4 is 0 Å². The van der Waals surface area contributed by atoms with Crippen LogP contribution >= 0.6 is 0 Å². The van der Waals surface area contributed by atoms with E-state index in [-0.39, 0.29) is 12.6 Å². The van der Waals surface area contributed by atoms with Gasteiger partial charge in [-0.1, -0.05) is 20.3 Å². The maximum absolute atomic E-state index is 12.3. The Balaban J connectivity index is 2.56. The van der Waals surface area contributed by atoms with Crippen LogP contribution in [-0.2, 0) is 0 Å². The predicted molar refractivity (Wildman–Crippen MR) is 67.6 cm³/mol. The predicted octanol–water partition coefficient (Wildman–Crippen LogP) is 3.04. The van der Waals surface area contributed by atoms with E-state index in [1.807, 2.05) is 11.8 Å². The molecular formula is C13H25F3N2. The molecule has 0 saturated carbocycles. The van der Waals surface area contributed by atoms with Crippen LogP contribution in [0.3, 0.4) is 0 Å². The highest BCUT2D eigenvalue weighted by Crippen LogP contribution is 2.22. The second kappa shape index (κ2) is 6.75. The molecule has 108 valence electrons. The Labute approximate surface area is 108 Å². The zero-order valence-corrected chi connectivity index (χ0v) is 11.6. The second-order valence-corrected chi connectivity index (χ2v) is 5.44. The molecule has 0 aliphatic carbocycles. The van der Waals surface area contributed by atoms with Gasteiger partial charge >= 0.3 is 6.18 Å². The first-order chi connectivity index (χ1) is 8.33. The van der Waals surface area contributed by atoms with Gasteiger partial charge in [-0.25, -0.2) is 0 Å². The molecule has 0 spiro atoms. The lowest BCUT2D eigenvalue weighted by Gasteiger charge is -2.31. The molecule has 1 rings (SSSR count). The van der Waals surface area contributed by atoms with Gasteiger partial charge in [-0.2, -0.15) is 13.2 Å². The molecule has 0 aromatic rings. The van der Waals surface area contributed by atoms with Gasteiger partial charge in [-0.05, 0) is 25.8 Å². The molecule has 1 aliphatic heterocycles. The lowest BCUT2D eigenvalue weighted by Crippen LogP contribution is -2.44. The van der Waals surface area contributed by atoms with Crippen LogP contribution in [0.1, 0.15) is 40.0 Å². The van der Waals surface area contributed by atoms with Crippen LogP contribution in [0.2, 0.25) is 0 Å². The normalized spacial score (nSPS) is 29.0. The number of rotatable bonds is 4. The minimum atomic E-state index is -4.05. The van der Waals surface area contributed by atoms with Crippen LogP contribution in [0, 0.1) is 5.92 Å². The molecule has 1 aliphatic rings. The monoisotopic (exact) mass is 266 g/mol. The maximum Gasteiger partial charge on any atom is 0.390 e. The zero-order chi connectivity index (χ0) is 13.8. The molecule has 0 aromatic carbocycles. The lowest BCUT2D eigenvalue weighted by molar-refractivity contribution is -0.139. The highest BCUT2D eigenvalue weighted by molar-refractivity contribution is 4.84. The summed E-state index contributed by atoms with van der Waals surface area (Å²) in [5.74, 6) is 0.503. The van der Waals surface area contributed by atoms with E-state index in [1.165, 1.54) is 0 Å². The molecule has 5 heteroatoms.